The number of rotatable bonds is 6. The first-order chi connectivity index (χ1) is 19.2. The van der Waals surface area contributed by atoms with E-state index < -0.39 is 0 Å². The van der Waals surface area contributed by atoms with Crippen LogP contribution in [0.5, 0.6) is 5.75 Å². The zero-order valence-corrected chi connectivity index (χ0v) is 21.5. The van der Waals surface area contributed by atoms with Crippen LogP contribution in [0.15, 0.2) is 59.8 Å². The first-order valence-electron chi connectivity index (χ1n) is 13.5. The van der Waals surface area contributed by atoms with Crippen molar-refractivity contribution in [1.82, 2.24) is 34.0 Å². The summed E-state index contributed by atoms with van der Waals surface area (Å²) < 4.78 is 11.3. The van der Waals surface area contributed by atoms with Gasteiger partial charge in [-0.1, -0.05) is 37.1 Å². The standard InChI is InChI=1S/C29H28N8O2/c1-30-20-10-11-22-24(16-20)36(18-33-22)28-32-17-25-27(34-28)37(23-12-15-39-26-9-5-4-8-21(23)26)29(38)35(25)14-13-31-19-6-2-3-7-19/h4-5,8-11,16-19,23,31H,2-3,6-7,12-15H2. The zero-order chi connectivity index (χ0) is 26.3. The molecule has 0 spiro atoms. The molecule has 1 aliphatic heterocycles. The van der Waals surface area contributed by atoms with Crippen molar-refractivity contribution in [2.24, 2.45) is 0 Å². The summed E-state index contributed by atoms with van der Waals surface area (Å²) in [5.74, 6) is 1.20. The lowest BCUT2D eigenvalue weighted by Gasteiger charge is -2.26. The Morgan fingerprint density at radius 3 is 2.82 bits per heavy atom. The van der Waals surface area contributed by atoms with Crippen molar-refractivity contribution in [2.75, 3.05) is 13.2 Å². The number of hydrogen-bond donors (Lipinski definition) is 1. The maximum Gasteiger partial charge on any atom is 0.330 e. The van der Waals surface area contributed by atoms with Crippen LogP contribution in [0.2, 0.25) is 0 Å². The van der Waals surface area contributed by atoms with E-state index in [2.05, 4.69) is 20.1 Å². The van der Waals surface area contributed by atoms with Crippen LogP contribution in [0.4, 0.5) is 5.69 Å². The van der Waals surface area contributed by atoms with E-state index in [0.717, 1.165) is 22.3 Å². The molecule has 2 aliphatic rings. The lowest BCUT2D eigenvalue weighted by molar-refractivity contribution is 0.255. The molecule has 196 valence electrons. The molecule has 3 aromatic heterocycles. The summed E-state index contributed by atoms with van der Waals surface area (Å²) in [4.78, 5) is 31.7. The van der Waals surface area contributed by atoms with Crippen molar-refractivity contribution in [1.29, 1.82) is 0 Å². The SMILES string of the molecule is [C-]#[N+]c1ccc2ncn(-c3ncc4c(n3)n(C3CCOc5ccccc53)c(=O)n4CCNC3CCCC3)c2c1. The Balaban J connectivity index is 1.36. The molecule has 1 aliphatic carbocycles. The minimum Gasteiger partial charge on any atom is -0.493 e. The average molecular weight is 521 g/mol. The molecule has 10 nitrogen and oxygen atoms in total. The van der Waals surface area contributed by atoms with Gasteiger partial charge in [0.2, 0.25) is 5.95 Å². The predicted molar refractivity (Wildman–Crippen MR) is 148 cm³/mol. The predicted octanol–water partition coefficient (Wildman–Crippen LogP) is 4.39. The van der Waals surface area contributed by atoms with Crippen LogP contribution in [-0.2, 0) is 6.54 Å². The van der Waals surface area contributed by atoms with E-state index in [1.54, 1.807) is 38.4 Å². The van der Waals surface area contributed by atoms with Gasteiger partial charge in [0.25, 0.3) is 0 Å². The van der Waals surface area contributed by atoms with E-state index in [-0.39, 0.29) is 11.7 Å². The van der Waals surface area contributed by atoms with Gasteiger partial charge in [-0.25, -0.2) is 19.6 Å². The summed E-state index contributed by atoms with van der Waals surface area (Å²) in [5, 5.41) is 3.62. The summed E-state index contributed by atoms with van der Waals surface area (Å²) in [7, 11) is 0. The van der Waals surface area contributed by atoms with E-state index in [9.17, 15) is 4.79 Å². The van der Waals surface area contributed by atoms with Gasteiger partial charge < -0.3 is 10.1 Å². The van der Waals surface area contributed by atoms with Gasteiger partial charge >= 0.3 is 5.69 Å². The largest absolute Gasteiger partial charge is 0.493 e. The maximum atomic E-state index is 14.1. The Hall–Kier alpha value is -4.49. The molecule has 2 aromatic carbocycles. The monoisotopic (exact) mass is 520 g/mol. The fourth-order valence-corrected chi connectivity index (χ4v) is 5.99. The molecule has 4 heterocycles. The van der Waals surface area contributed by atoms with Crippen LogP contribution in [0, 0.1) is 6.57 Å². The third-order valence-corrected chi connectivity index (χ3v) is 7.93. The maximum absolute atomic E-state index is 14.1. The van der Waals surface area contributed by atoms with Gasteiger partial charge in [0.15, 0.2) is 11.3 Å². The van der Waals surface area contributed by atoms with Crippen molar-refractivity contribution in [3.8, 4) is 11.7 Å². The number of ether oxygens (including phenoxy) is 1. The summed E-state index contributed by atoms with van der Waals surface area (Å²) in [6.45, 7) is 9.17. The van der Waals surface area contributed by atoms with E-state index >= 15 is 0 Å². The van der Waals surface area contributed by atoms with Gasteiger partial charge in [-0.2, -0.15) is 4.98 Å². The summed E-state index contributed by atoms with van der Waals surface area (Å²) in [6.07, 6.45) is 8.97. The average Bonchev–Trinajstić information content (AvgIpc) is 3.71. The highest BCUT2D eigenvalue weighted by Crippen LogP contribution is 2.35. The number of benzene rings is 2. The molecule has 1 unspecified atom stereocenters. The quantitative estimate of drug-likeness (QED) is 0.334. The van der Waals surface area contributed by atoms with Crippen LogP contribution in [0.25, 0.3) is 33.0 Å². The number of aromatic nitrogens is 6. The Morgan fingerprint density at radius 2 is 1.95 bits per heavy atom. The van der Waals surface area contributed by atoms with Gasteiger partial charge in [-0.15, -0.1) is 0 Å². The summed E-state index contributed by atoms with van der Waals surface area (Å²) in [5.41, 5.74) is 4.16. The molecule has 5 aromatic rings. The number of fused-ring (bicyclic) bond motifs is 3. The second-order valence-corrected chi connectivity index (χ2v) is 10.2. The second kappa shape index (κ2) is 9.67. The third-order valence-electron chi connectivity index (χ3n) is 7.93. The molecule has 0 bridgehead atoms. The molecular formula is C29H28N8O2. The van der Waals surface area contributed by atoms with Gasteiger partial charge in [0, 0.05) is 31.1 Å². The molecule has 39 heavy (non-hydrogen) atoms. The van der Waals surface area contributed by atoms with Crippen molar-refractivity contribution < 1.29 is 4.74 Å². The molecule has 0 radical (unpaired) electrons. The molecule has 0 amide bonds. The smallest absolute Gasteiger partial charge is 0.330 e. The molecule has 10 heteroatoms. The second-order valence-electron chi connectivity index (χ2n) is 10.2. The first-order valence-corrected chi connectivity index (χ1v) is 13.5. The summed E-state index contributed by atoms with van der Waals surface area (Å²) in [6, 6.07) is 13.6. The topological polar surface area (TPSA) is 96.2 Å². The Bertz CT molecular complexity index is 1790. The highest BCUT2D eigenvalue weighted by atomic mass is 16.5. The molecule has 1 atom stereocenters. The number of para-hydroxylation sites is 1. The number of hydrogen-bond acceptors (Lipinski definition) is 6. The van der Waals surface area contributed by atoms with E-state index in [4.69, 9.17) is 16.3 Å². The number of nitrogens with zero attached hydrogens (tertiary/aromatic N) is 7. The molecule has 1 N–H and O–H groups in total. The first kappa shape index (κ1) is 23.6. The zero-order valence-electron chi connectivity index (χ0n) is 21.5. The fraction of sp³-hybridized carbons (Fsp3) is 0.345. The van der Waals surface area contributed by atoms with Crippen molar-refractivity contribution in [3.05, 3.63) is 82.5 Å². The van der Waals surface area contributed by atoms with Gasteiger partial charge in [-0.3, -0.25) is 13.7 Å². The third kappa shape index (κ3) is 4.06. The van der Waals surface area contributed by atoms with E-state index in [1.165, 1.54) is 25.7 Å². The molecule has 0 saturated heterocycles. The highest BCUT2D eigenvalue weighted by Gasteiger charge is 2.29. The van der Waals surface area contributed by atoms with Gasteiger partial charge in [-0.05, 0) is 31.0 Å². The number of imidazole rings is 2. The van der Waals surface area contributed by atoms with Crippen molar-refractivity contribution >= 4 is 27.9 Å². The van der Waals surface area contributed by atoms with Crippen LogP contribution in [0.1, 0.15) is 43.7 Å². The van der Waals surface area contributed by atoms with Gasteiger partial charge in [0.1, 0.15) is 17.6 Å². The molecule has 1 fully saturated rings. The van der Waals surface area contributed by atoms with Crippen LogP contribution < -0.4 is 15.7 Å². The molecule has 1 saturated carbocycles. The van der Waals surface area contributed by atoms with Crippen LogP contribution in [0.3, 0.4) is 0 Å². The van der Waals surface area contributed by atoms with Crippen LogP contribution >= 0.6 is 0 Å². The van der Waals surface area contributed by atoms with E-state index in [0.29, 0.717) is 55.0 Å². The van der Waals surface area contributed by atoms with Crippen molar-refractivity contribution in [3.63, 3.8) is 0 Å². The molecular weight excluding hydrogens is 492 g/mol. The normalized spacial score (nSPS) is 17.4. The number of nitrogens with one attached hydrogen (secondary N) is 1. The lowest BCUT2D eigenvalue weighted by atomic mass is 10.0. The Morgan fingerprint density at radius 1 is 1.08 bits per heavy atom. The van der Waals surface area contributed by atoms with Gasteiger partial charge in [0.05, 0.1) is 36.5 Å². The lowest BCUT2D eigenvalue weighted by Crippen LogP contribution is -2.34. The molecule has 7 rings (SSSR count). The Labute approximate surface area is 224 Å². The highest BCUT2D eigenvalue weighted by molar-refractivity contribution is 5.81. The Kier molecular flexibility index (Phi) is 5.86. The minimum atomic E-state index is -0.204. The minimum absolute atomic E-state index is 0.0999. The van der Waals surface area contributed by atoms with Crippen molar-refractivity contribution in [2.45, 2.75) is 50.7 Å². The van der Waals surface area contributed by atoms with Crippen LogP contribution in [-0.4, -0.2) is 47.8 Å². The summed E-state index contributed by atoms with van der Waals surface area (Å²) >= 11 is 0. The van der Waals surface area contributed by atoms with E-state index in [1.807, 2.05) is 30.3 Å². The fourth-order valence-electron chi connectivity index (χ4n) is 5.99.